The largest absolute Gasteiger partial charge is 0.383 e. The second-order valence-electron chi connectivity index (χ2n) is 4.55. The van der Waals surface area contributed by atoms with Crippen LogP contribution in [0.15, 0.2) is 28.7 Å². The molecular weight excluding hydrogens is 306 g/mol. The number of nitrogens with one attached hydrogen (secondary N) is 1. The molecule has 0 aromatic heterocycles. The van der Waals surface area contributed by atoms with Gasteiger partial charge in [0.2, 0.25) is 0 Å². The minimum atomic E-state index is 0.498. The number of hydrogen-bond acceptors (Lipinski definition) is 3. The molecule has 0 saturated carbocycles. The Morgan fingerprint density at radius 1 is 1.26 bits per heavy atom. The molecule has 0 heterocycles. The summed E-state index contributed by atoms with van der Waals surface area (Å²) in [6, 6.07) is 8.51. The maximum atomic E-state index is 5.57. The fourth-order valence-electron chi connectivity index (χ4n) is 1.91. The molecule has 0 aliphatic rings. The van der Waals surface area contributed by atoms with Gasteiger partial charge in [0.1, 0.15) is 0 Å². The lowest BCUT2D eigenvalue weighted by Gasteiger charge is -2.17. The summed E-state index contributed by atoms with van der Waals surface area (Å²) in [6.07, 6.45) is 1.03. The summed E-state index contributed by atoms with van der Waals surface area (Å²) in [5.74, 6) is 0.498. The first-order valence-electron chi connectivity index (χ1n) is 6.78. The predicted molar refractivity (Wildman–Crippen MR) is 82.6 cm³/mol. The summed E-state index contributed by atoms with van der Waals surface area (Å²) in [7, 11) is 1.72. The SMILES string of the molecule is CCOCC(CNCCOC)Cc1ccc(Br)cc1. The Balaban J connectivity index is 2.41. The standard InChI is InChI=1S/C15H24BrNO2/c1-3-19-12-14(11-17-8-9-18-2)10-13-4-6-15(16)7-5-13/h4-7,14,17H,3,8-12H2,1-2H3. The van der Waals surface area contributed by atoms with Crippen LogP contribution in [0.5, 0.6) is 0 Å². The van der Waals surface area contributed by atoms with E-state index in [0.29, 0.717) is 5.92 Å². The lowest BCUT2D eigenvalue weighted by atomic mass is 10.00. The van der Waals surface area contributed by atoms with Gasteiger partial charge in [-0.3, -0.25) is 0 Å². The fourth-order valence-corrected chi connectivity index (χ4v) is 2.17. The number of benzene rings is 1. The molecule has 0 fully saturated rings. The van der Waals surface area contributed by atoms with Crippen molar-refractivity contribution in [1.82, 2.24) is 5.32 Å². The van der Waals surface area contributed by atoms with Crippen LogP contribution >= 0.6 is 15.9 Å². The van der Waals surface area contributed by atoms with Gasteiger partial charge in [-0.2, -0.15) is 0 Å². The van der Waals surface area contributed by atoms with Crippen LogP contribution in [0.25, 0.3) is 0 Å². The summed E-state index contributed by atoms with van der Waals surface area (Å²) < 4.78 is 11.7. The van der Waals surface area contributed by atoms with Crippen molar-refractivity contribution >= 4 is 15.9 Å². The Bertz CT molecular complexity index is 329. The average molecular weight is 330 g/mol. The molecule has 1 aromatic carbocycles. The van der Waals surface area contributed by atoms with E-state index < -0.39 is 0 Å². The lowest BCUT2D eigenvalue weighted by molar-refractivity contribution is 0.108. The van der Waals surface area contributed by atoms with E-state index in [9.17, 15) is 0 Å². The second-order valence-corrected chi connectivity index (χ2v) is 5.47. The van der Waals surface area contributed by atoms with Crippen molar-refractivity contribution < 1.29 is 9.47 Å². The highest BCUT2D eigenvalue weighted by Gasteiger charge is 2.09. The highest BCUT2D eigenvalue weighted by molar-refractivity contribution is 9.10. The predicted octanol–water partition coefficient (Wildman–Crippen LogP) is 2.88. The molecule has 0 aliphatic heterocycles. The highest BCUT2D eigenvalue weighted by atomic mass is 79.9. The zero-order valence-corrected chi connectivity index (χ0v) is 13.4. The van der Waals surface area contributed by atoms with E-state index >= 15 is 0 Å². The summed E-state index contributed by atoms with van der Waals surface area (Å²) in [5.41, 5.74) is 1.35. The Hall–Kier alpha value is -0.420. The van der Waals surface area contributed by atoms with E-state index in [1.54, 1.807) is 7.11 Å². The van der Waals surface area contributed by atoms with Gasteiger partial charge in [0.05, 0.1) is 13.2 Å². The lowest BCUT2D eigenvalue weighted by Crippen LogP contribution is -2.30. The zero-order valence-electron chi connectivity index (χ0n) is 11.8. The van der Waals surface area contributed by atoms with Gasteiger partial charge >= 0.3 is 0 Å². The van der Waals surface area contributed by atoms with Crippen LogP contribution in [0.1, 0.15) is 12.5 Å². The molecule has 19 heavy (non-hydrogen) atoms. The van der Waals surface area contributed by atoms with Crippen molar-refractivity contribution in [3.05, 3.63) is 34.3 Å². The van der Waals surface area contributed by atoms with E-state index in [2.05, 4.69) is 45.5 Å². The molecule has 1 rings (SSSR count). The van der Waals surface area contributed by atoms with E-state index in [0.717, 1.165) is 43.8 Å². The normalized spacial score (nSPS) is 12.6. The van der Waals surface area contributed by atoms with Crippen LogP contribution in [0.3, 0.4) is 0 Å². The third-order valence-electron chi connectivity index (χ3n) is 2.91. The molecule has 108 valence electrons. The third-order valence-corrected chi connectivity index (χ3v) is 3.44. The minimum absolute atomic E-state index is 0.498. The van der Waals surface area contributed by atoms with Crippen LogP contribution in [0.4, 0.5) is 0 Å². The van der Waals surface area contributed by atoms with E-state index in [1.807, 2.05) is 6.92 Å². The van der Waals surface area contributed by atoms with Gasteiger partial charge in [-0.15, -0.1) is 0 Å². The molecule has 1 atom stereocenters. The Morgan fingerprint density at radius 3 is 2.63 bits per heavy atom. The van der Waals surface area contributed by atoms with E-state index in [-0.39, 0.29) is 0 Å². The van der Waals surface area contributed by atoms with Gasteiger partial charge in [0, 0.05) is 31.3 Å². The Labute approximate surface area is 124 Å². The quantitative estimate of drug-likeness (QED) is 0.669. The van der Waals surface area contributed by atoms with Gasteiger partial charge in [0.25, 0.3) is 0 Å². The molecule has 0 radical (unpaired) electrons. The van der Waals surface area contributed by atoms with Gasteiger partial charge in [0.15, 0.2) is 0 Å². The minimum Gasteiger partial charge on any atom is -0.383 e. The number of methoxy groups -OCH3 is 1. The topological polar surface area (TPSA) is 30.5 Å². The summed E-state index contributed by atoms with van der Waals surface area (Å²) in [5, 5.41) is 3.41. The Morgan fingerprint density at radius 2 is 2.00 bits per heavy atom. The molecule has 0 bridgehead atoms. The first kappa shape index (κ1) is 16.6. The molecule has 3 nitrogen and oxygen atoms in total. The average Bonchev–Trinajstić information content (AvgIpc) is 2.43. The maximum Gasteiger partial charge on any atom is 0.0587 e. The monoisotopic (exact) mass is 329 g/mol. The fraction of sp³-hybridized carbons (Fsp3) is 0.600. The van der Waals surface area contributed by atoms with Crippen molar-refractivity contribution in [1.29, 1.82) is 0 Å². The van der Waals surface area contributed by atoms with Crippen molar-refractivity contribution in [3.63, 3.8) is 0 Å². The van der Waals surface area contributed by atoms with Crippen LogP contribution in [-0.4, -0.2) is 40.0 Å². The first-order chi connectivity index (χ1) is 9.26. The number of hydrogen-bond donors (Lipinski definition) is 1. The van der Waals surface area contributed by atoms with E-state index in [1.165, 1.54) is 5.56 Å². The van der Waals surface area contributed by atoms with Gasteiger partial charge in [-0.1, -0.05) is 28.1 Å². The van der Waals surface area contributed by atoms with Crippen LogP contribution in [-0.2, 0) is 15.9 Å². The molecule has 0 saturated heterocycles. The van der Waals surface area contributed by atoms with Gasteiger partial charge < -0.3 is 14.8 Å². The number of rotatable bonds is 10. The van der Waals surface area contributed by atoms with E-state index in [4.69, 9.17) is 9.47 Å². The first-order valence-corrected chi connectivity index (χ1v) is 7.57. The van der Waals surface area contributed by atoms with Gasteiger partial charge in [-0.05, 0) is 37.0 Å². The molecule has 0 aliphatic carbocycles. The second kappa shape index (κ2) is 10.4. The Kier molecular flexibility index (Phi) is 9.08. The van der Waals surface area contributed by atoms with Crippen molar-refractivity contribution in [2.75, 3.05) is 40.0 Å². The smallest absolute Gasteiger partial charge is 0.0587 e. The number of ether oxygens (including phenoxy) is 2. The molecule has 1 aromatic rings. The molecule has 1 N–H and O–H groups in total. The third kappa shape index (κ3) is 7.67. The van der Waals surface area contributed by atoms with Crippen molar-refractivity contribution in [2.24, 2.45) is 5.92 Å². The van der Waals surface area contributed by atoms with Crippen LogP contribution < -0.4 is 5.32 Å². The zero-order chi connectivity index (χ0) is 13.9. The molecule has 4 heteroatoms. The summed E-state index contributed by atoms with van der Waals surface area (Å²) in [4.78, 5) is 0. The molecule has 0 spiro atoms. The molecule has 1 unspecified atom stereocenters. The molecule has 0 amide bonds. The number of halogens is 1. The van der Waals surface area contributed by atoms with Crippen molar-refractivity contribution in [2.45, 2.75) is 13.3 Å². The maximum absolute atomic E-state index is 5.57. The highest BCUT2D eigenvalue weighted by Crippen LogP contribution is 2.14. The molecular formula is C15H24BrNO2. The summed E-state index contributed by atoms with van der Waals surface area (Å²) in [6.45, 7) is 6.20. The van der Waals surface area contributed by atoms with Crippen LogP contribution in [0, 0.1) is 5.92 Å². The summed E-state index contributed by atoms with van der Waals surface area (Å²) >= 11 is 3.46. The van der Waals surface area contributed by atoms with Gasteiger partial charge in [-0.25, -0.2) is 0 Å². The van der Waals surface area contributed by atoms with Crippen LogP contribution in [0.2, 0.25) is 0 Å². The van der Waals surface area contributed by atoms with Crippen molar-refractivity contribution in [3.8, 4) is 0 Å².